The third-order valence-electron chi connectivity index (χ3n) is 5.44. The molecule has 13 heteroatoms. The van der Waals surface area contributed by atoms with Crippen LogP contribution in [0.4, 0.5) is 20.7 Å². The molecule has 2 aromatic heterocycles. The maximum absolute atomic E-state index is 14.6. The SMILES string of the molecule is Cc1cc(CNC(=O)O)nc(C(C)C)c1N1c2nc(-c3ccccc3F)c(Cl)cc2C(=O)NS1(O)O. The van der Waals surface area contributed by atoms with E-state index in [0.29, 0.717) is 17.0 Å². The number of pyridine rings is 2. The number of hydrogen-bond donors (Lipinski definition) is 5. The van der Waals surface area contributed by atoms with E-state index in [2.05, 4.69) is 20.0 Å². The highest BCUT2D eigenvalue weighted by Crippen LogP contribution is 2.55. The second-order valence-corrected chi connectivity index (χ2v) is 10.4. The average Bonchev–Trinajstić information content (AvgIpc) is 2.78. The number of anilines is 2. The van der Waals surface area contributed by atoms with Crippen molar-refractivity contribution in [3.8, 4) is 11.3 Å². The fourth-order valence-corrected chi connectivity index (χ4v) is 5.48. The van der Waals surface area contributed by atoms with Crippen molar-refractivity contribution in [2.45, 2.75) is 33.2 Å². The molecule has 0 saturated heterocycles. The second kappa shape index (κ2) is 9.54. The van der Waals surface area contributed by atoms with Gasteiger partial charge in [-0.1, -0.05) is 37.6 Å². The first-order chi connectivity index (χ1) is 16.9. The van der Waals surface area contributed by atoms with E-state index in [4.69, 9.17) is 16.7 Å². The van der Waals surface area contributed by atoms with Gasteiger partial charge in [0.1, 0.15) is 5.82 Å². The molecule has 0 fully saturated rings. The summed E-state index contributed by atoms with van der Waals surface area (Å²) in [7, 11) is -3.99. The van der Waals surface area contributed by atoms with Crippen LogP contribution >= 0.6 is 22.6 Å². The van der Waals surface area contributed by atoms with E-state index in [9.17, 15) is 23.1 Å². The maximum atomic E-state index is 14.6. The number of aromatic nitrogens is 2. The maximum Gasteiger partial charge on any atom is 0.404 e. The van der Waals surface area contributed by atoms with Crippen LogP contribution in [0.3, 0.4) is 0 Å². The van der Waals surface area contributed by atoms with Gasteiger partial charge >= 0.3 is 6.09 Å². The van der Waals surface area contributed by atoms with Crippen molar-refractivity contribution in [3.05, 3.63) is 69.8 Å². The van der Waals surface area contributed by atoms with Crippen LogP contribution in [0.2, 0.25) is 5.02 Å². The first-order valence-corrected chi connectivity index (χ1v) is 12.6. The molecule has 0 bridgehead atoms. The molecular weight excluding hydrogens is 513 g/mol. The predicted octanol–water partition coefficient (Wildman–Crippen LogP) is 5.60. The van der Waals surface area contributed by atoms with Gasteiger partial charge in [0.15, 0.2) is 5.82 Å². The Morgan fingerprint density at radius 1 is 1.22 bits per heavy atom. The van der Waals surface area contributed by atoms with E-state index < -0.39 is 28.8 Å². The summed E-state index contributed by atoms with van der Waals surface area (Å²) in [6, 6.07) is 8.70. The fourth-order valence-electron chi connectivity index (χ4n) is 3.91. The van der Waals surface area contributed by atoms with Gasteiger partial charge in [-0.05, 0) is 53.6 Å². The summed E-state index contributed by atoms with van der Waals surface area (Å²) in [5, 5.41) is 11.2. The smallest absolute Gasteiger partial charge is 0.404 e. The summed E-state index contributed by atoms with van der Waals surface area (Å²) in [5.41, 5.74) is 1.64. The Balaban J connectivity index is 1.98. The standard InChI is InChI=1S/C23H23ClFN5O5S/c1-11(2)18-20(12(3)8-13(27-18)10-26-23(32)33)30-21-15(22(31)29-36(30,34)35)9-16(24)19(28-21)14-6-4-5-7-17(14)25/h4-9,11,26,34-35H,10H2,1-3H3,(H,29,31)(H,32,33). The molecule has 0 unspecified atom stereocenters. The van der Waals surface area contributed by atoms with Crippen LogP contribution in [-0.2, 0) is 6.54 Å². The molecule has 0 spiro atoms. The van der Waals surface area contributed by atoms with E-state index in [1.54, 1.807) is 19.1 Å². The van der Waals surface area contributed by atoms with E-state index in [0.717, 1.165) is 4.31 Å². The second-order valence-electron chi connectivity index (χ2n) is 8.39. The largest absolute Gasteiger partial charge is 0.465 e. The summed E-state index contributed by atoms with van der Waals surface area (Å²) in [6.07, 6.45) is -1.21. The third kappa shape index (κ3) is 4.67. The molecule has 36 heavy (non-hydrogen) atoms. The van der Waals surface area contributed by atoms with Crippen LogP contribution in [0.1, 0.15) is 47.1 Å². The average molecular weight is 536 g/mol. The number of rotatable bonds is 5. The lowest BCUT2D eigenvalue weighted by molar-refractivity contribution is 0.0975. The molecule has 0 aliphatic carbocycles. The normalized spacial score (nSPS) is 15.3. The predicted molar refractivity (Wildman–Crippen MR) is 135 cm³/mol. The number of amides is 2. The van der Waals surface area contributed by atoms with Crippen LogP contribution in [-0.4, -0.2) is 36.2 Å². The van der Waals surface area contributed by atoms with Gasteiger partial charge in [-0.15, -0.1) is 0 Å². The Hall–Kier alpha value is -3.45. The van der Waals surface area contributed by atoms with E-state index in [-0.39, 0.29) is 45.8 Å². The molecule has 0 radical (unpaired) electrons. The highest BCUT2D eigenvalue weighted by atomic mass is 35.5. The zero-order valence-electron chi connectivity index (χ0n) is 19.4. The lowest BCUT2D eigenvalue weighted by atomic mass is 10.0. The van der Waals surface area contributed by atoms with Gasteiger partial charge in [-0.2, -0.15) is 0 Å². The summed E-state index contributed by atoms with van der Waals surface area (Å²) in [5.74, 6) is -1.79. The van der Waals surface area contributed by atoms with Gasteiger partial charge in [-0.25, -0.2) is 23.2 Å². The number of hydrogen-bond acceptors (Lipinski definition) is 7. The Morgan fingerprint density at radius 3 is 2.56 bits per heavy atom. The van der Waals surface area contributed by atoms with Crippen LogP contribution < -0.4 is 14.3 Å². The number of carbonyl (C=O) groups is 2. The van der Waals surface area contributed by atoms with Gasteiger partial charge in [0.25, 0.3) is 5.91 Å². The zero-order valence-corrected chi connectivity index (χ0v) is 21.0. The van der Waals surface area contributed by atoms with Crippen molar-refractivity contribution in [2.75, 3.05) is 4.31 Å². The van der Waals surface area contributed by atoms with E-state index in [1.807, 2.05) is 13.8 Å². The molecule has 3 aromatic rings. The Morgan fingerprint density at radius 2 is 1.92 bits per heavy atom. The molecule has 1 aliphatic heterocycles. The third-order valence-corrected chi connectivity index (χ3v) is 7.05. The quantitative estimate of drug-likeness (QED) is 0.283. The highest BCUT2D eigenvalue weighted by molar-refractivity contribution is 8.24. The molecule has 0 atom stereocenters. The van der Waals surface area contributed by atoms with Crippen molar-refractivity contribution in [3.63, 3.8) is 0 Å². The van der Waals surface area contributed by atoms with Gasteiger partial charge < -0.3 is 10.4 Å². The molecule has 3 heterocycles. The summed E-state index contributed by atoms with van der Waals surface area (Å²) in [6.45, 7) is 5.28. The minimum Gasteiger partial charge on any atom is -0.465 e. The molecule has 5 N–H and O–H groups in total. The molecule has 190 valence electrons. The fraction of sp³-hybridized carbons (Fsp3) is 0.217. The summed E-state index contributed by atoms with van der Waals surface area (Å²) < 4.78 is 39.9. The van der Waals surface area contributed by atoms with Crippen LogP contribution in [0, 0.1) is 12.7 Å². The minimum absolute atomic E-state index is 0.00125. The number of nitrogens with one attached hydrogen (secondary N) is 2. The first-order valence-electron chi connectivity index (χ1n) is 10.7. The molecule has 1 aromatic carbocycles. The first kappa shape index (κ1) is 25.6. The molecule has 0 saturated carbocycles. The number of benzene rings is 1. The van der Waals surface area contributed by atoms with E-state index in [1.165, 1.54) is 24.3 Å². The molecule has 10 nitrogen and oxygen atoms in total. The summed E-state index contributed by atoms with van der Waals surface area (Å²) in [4.78, 5) is 32.7. The van der Waals surface area contributed by atoms with Gasteiger partial charge in [0, 0.05) is 5.56 Å². The summed E-state index contributed by atoms with van der Waals surface area (Å²) >= 11 is 6.38. The molecular formula is C23H23ClFN5O5S. The van der Waals surface area contributed by atoms with Crippen molar-refractivity contribution in [1.29, 1.82) is 0 Å². The number of carbonyl (C=O) groups excluding carboxylic acids is 1. The number of fused-ring (bicyclic) bond motifs is 1. The lowest BCUT2D eigenvalue weighted by Gasteiger charge is -2.47. The van der Waals surface area contributed by atoms with Crippen molar-refractivity contribution in [2.24, 2.45) is 0 Å². The van der Waals surface area contributed by atoms with Crippen molar-refractivity contribution >= 4 is 46.1 Å². The molecule has 1 aliphatic rings. The Kier molecular flexibility index (Phi) is 6.80. The number of aryl methyl sites for hydroxylation is 1. The Bertz CT molecular complexity index is 1390. The van der Waals surface area contributed by atoms with Gasteiger partial charge in [-0.3, -0.25) is 18.9 Å². The monoisotopic (exact) mass is 535 g/mol. The minimum atomic E-state index is -3.99. The van der Waals surface area contributed by atoms with E-state index >= 15 is 0 Å². The molecule has 2 amide bonds. The molecule has 4 rings (SSSR count). The number of nitrogens with zero attached hydrogens (tertiary/aromatic N) is 3. The van der Waals surface area contributed by atoms with Crippen LogP contribution in [0.5, 0.6) is 0 Å². The lowest BCUT2D eigenvalue weighted by Crippen LogP contribution is -2.43. The highest BCUT2D eigenvalue weighted by Gasteiger charge is 2.40. The van der Waals surface area contributed by atoms with Crippen molar-refractivity contribution < 1.29 is 28.2 Å². The van der Waals surface area contributed by atoms with Crippen LogP contribution in [0.25, 0.3) is 11.3 Å². The number of halogens is 2. The topological polar surface area (TPSA) is 148 Å². The van der Waals surface area contributed by atoms with Crippen molar-refractivity contribution in [1.82, 2.24) is 20.0 Å². The Labute approximate surface area is 212 Å². The zero-order chi connectivity index (χ0) is 26.4. The number of carboxylic acid groups (broad SMARTS) is 1. The van der Waals surface area contributed by atoms with Gasteiger partial charge in [0.05, 0.1) is 39.9 Å². The van der Waals surface area contributed by atoms with Gasteiger partial charge in [0.2, 0.25) is 0 Å². The van der Waals surface area contributed by atoms with Crippen LogP contribution in [0.15, 0.2) is 36.4 Å².